The molecule has 0 radical (unpaired) electrons. The molecular formula is C44H26N4S. The maximum Gasteiger partial charge on any atom is 0.235 e. The lowest BCUT2D eigenvalue weighted by atomic mass is 10.1. The van der Waals surface area contributed by atoms with Crippen molar-refractivity contribution in [2.45, 2.75) is 0 Å². The van der Waals surface area contributed by atoms with Crippen LogP contribution in [0.3, 0.4) is 0 Å². The zero-order valence-corrected chi connectivity index (χ0v) is 27.0. The molecule has 7 aromatic carbocycles. The largest absolute Gasteiger partial charge is 0.308 e. The van der Waals surface area contributed by atoms with E-state index in [2.05, 4.69) is 161 Å². The quantitative estimate of drug-likeness (QED) is 0.192. The van der Waals surface area contributed by atoms with E-state index in [4.69, 9.17) is 9.97 Å². The van der Waals surface area contributed by atoms with Gasteiger partial charge in [-0.2, -0.15) is 0 Å². The highest BCUT2D eigenvalue weighted by atomic mass is 32.1. The Morgan fingerprint density at radius 1 is 0.408 bits per heavy atom. The van der Waals surface area contributed by atoms with Crippen LogP contribution in [0.25, 0.3) is 97.6 Å². The van der Waals surface area contributed by atoms with E-state index in [1.165, 1.54) is 58.4 Å². The van der Waals surface area contributed by atoms with E-state index in [0.29, 0.717) is 5.95 Å². The average molecular weight is 643 g/mol. The third-order valence-electron chi connectivity index (χ3n) is 9.93. The van der Waals surface area contributed by atoms with E-state index in [9.17, 15) is 0 Å². The monoisotopic (exact) mass is 642 g/mol. The SMILES string of the molecule is c1ccc(-c2nc(-n3c4ccccc4c4c5c6ccccc6n(-c6cccc7c6sc6ccccc67)c5ccc43)nc3ccccc23)cc1. The van der Waals surface area contributed by atoms with Crippen molar-refractivity contribution in [1.29, 1.82) is 0 Å². The van der Waals surface area contributed by atoms with Crippen LogP contribution in [-0.4, -0.2) is 19.1 Å². The summed E-state index contributed by atoms with van der Waals surface area (Å²) < 4.78 is 7.32. The average Bonchev–Trinajstić information content (AvgIpc) is 3.82. The van der Waals surface area contributed by atoms with Crippen molar-refractivity contribution in [2.75, 3.05) is 0 Å². The molecule has 0 saturated carbocycles. The van der Waals surface area contributed by atoms with Crippen LogP contribution >= 0.6 is 11.3 Å². The molecule has 5 heteroatoms. The molecular weight excluding hydrogens is 617 g/mol. The molecule has 4 aromatic heterocycles. The first-order valence-electron chi connectivity index (χ1n) is 16.5. The molecule has 0 aliphatic heterocycles. The highest BCUT2D eigenvalue weighted by Gasteiger charge is 2.23. The maximum absolute atomic E-state index is 5.31. The van der Waals surface area contributed by atoms with Crippen molar-refractivity contribution < 1.29 is 0 Å². The van der Waals surface area contributed by atoms with E-state index < -0.39 is 0 Å². The minimum atomic E-state index is 0.668. The molecule has 49 heavy (non-hydrogen) atoms. The zero-order chi connectivity index (χ0) is 32.1. The summed E-state index contributed by atoms with van der Waals surface area (Å²) in [5.74, 6) is 0.668. The molecule has 0 N–H and O–H groups in total. The van der Waals surface area contributed by atoms with Gasteiger partial charge in [0.05, 0.1) is 43.7 Å². The molecule has 0 amide bonds. The first kappa shape index (κ1) is 26.7. The minimum Gasteiger partial charge on any atom is -0.308 e. The van der Waals surface area contributed by atoms with E-state index in [1.807, 2.05) is 17.4 Å². The number of hydrogen-bond acceptors (Lipinski definition) is 3. The second kappa shape index (κ2) is 10.1. The fourth-order valence-electron chi connectivity index (χ4n) is 7.88. The van der Waals surface area contributed by atoms with Gasteiger partial charge >= 0.3 is 0 Å². The molecule has 0 bridgehead atoms. The lowest BCUT2D eigenvalue weighted by Gasteiger charge is -2.12. The third kappa shape index (κ3) is 3.73. The number of aromatic nitrogens is 4. The van der Waals surface area contributed by atoms with E-state index >= 15 is 0 Å². The van der Waals surface area contributed by atoms with E-state index in [-0.39, 0.29) is 0 Å². The van der Waals surface area contributed by atoms with Crippen molar-refractivity contribution in [3.05, 3.63) is 158 Å². The number of nitrogens with zero attached hydrogens (tertiary/aromatic N) is 4. The molecule has 0 saturated heterocycles. The number of benzene rings is 7. The number of para-hydroxylation sites is 3. The standard InChI is InChI=1S/C44H26N4S/c1-2-13-27(14-3-1)42-30-16-4-8-20-33(30)45-44(46-42)48-35-22-10-6-18-32(35)41-37(48)26-25-36-40(41)31-17-5-9-21-34(31)47(36)38-23-12-19-29-28-15-7-11-24-39(28)49-43(29)38/h1-26H. The van der Waals surface area contributed by atoms with Crippen LogP contribution in [0.15, 0.2) is 158 Å². The molecule has 0 aliphatic carbocycles. The summed E-state index contributed by atoms with van der Waals surface area (Å²) in [6.07, 6.45) is 0. The molecule has 0 atom stereocenters. The van der Waals surface area contributed by atoms with Crippen LogP contribution in [-0.2, 0) is 0 Å². The minimum absolute atomic E-state index is 0.668. The normalized spacial score (nSPS) is 12.1. The summed E-state index contributed by atoms with van der Waals surface area (Å²) in [4.78, 5) is 10.5. The molecule has 11 aromatic rings. The summed E-state index contributed by atoms with van der Waals surface area (Å²) >= 11 is 1.87. The van der Waals surface area contributed by atoms with E-state index in [1.54, 1.807) is 0 Å². The van der Waals surface area contributed by atoms with Gasteiger partial charge in [0, 0.05) is 48.0 Å². The van der Waals surface area contributed by atoms with Crippen LogP contribution in [0.5, 0.6) is 0 Å². The highest BCUT2D eigenvalue weighted by molar-refractivity contribution is 7.26. The molecule has 4 nitrogen and oxygen atoms in total. The van der Waals surface area contributed by atoms with E-state index in [0.717, 1.165) is 33.2 Å². The number of fused-ring (bicyclic) bond motifs is 11. The summed E-state index contributed by atoms with van der Waals surface area (Å²) in [6.45, 7) is 0. The Morgan fingerprint density at radius 2 is 1.00 bits per heavy atom. The van der Waals surface area contributed by atoms with Crippen molar-refractivity contribution >= 4 is 86.0 Å². The van der Waals surface area contributed by atoms with Gasteiger partial charge in [-0.05, 0) is 42.5 Å². The molecule has 0 aliphatic rings. The molecule has 228 valence electrons. The predicted molar refractivity (Wildman–Crippen MR) is 207 cm³/mol. The Morgan fingerprint density at radius 3 is 1.78 bits per heavy atom. The Hall–Kier alpha value is -6.30. The van der Waals surface area contributed by atoms with Crippen LogP contribution in [0, 0.1) is 0 Å². The van der Waals surface area contributed by atoms with Crippen molar-refractivity contribution in [2.24, 2.45) is 0 Å². The molecule has 11 rings (SSSR count). The van der Waals surface area contributed by atoms with Gasteiger partial charge in [-0.3, -0.25) is 4.57 Å². The summed E-state index contributed by atoms with van der Waals surface area (Å²) in [7, 11) is 0. The van der Waals surface area contributed by atoms with Crippen LogP contribution in [0.4, 0.5) is 0 Å². The van der Waals surface area contributed by atoms with Crippen molar-refractivity contribution in [1.82, 2.24) is 19.1 Å². The van der Waals surface area contributed by atoms with Gasteiger partial charge in [-0.1, -0.05) is 115 Å². The van der Waals surface area contributed by atoms with Gasteiger partial charge in [0.15, 0.2) is 0 Å². The van der Waals surface area contributed by atoms with Gasteiger partial charge in [-0.25, -0.2) is 9.97 Å². The summed E-state index contributed by atoms with van der Waals surface area (Å²) in [5.41, 5.74) is 8.69. The lowest BCUT2D eigenvalue weighted by Crippen LogP contribution is -2.03. The molecule has 4 heterocycles. The summed E-state index contributed by atoms with van der Waals surface area (Å²) in [5, 5.41) is 8.51. The molecule has 0 fully saturated rings. The number of hydrogen-bond donors (Lipinski definition) is 0. The van der Waals surface area contributed by atoms with Crippen molar-refractivity contribution in [3.8, 4) is 22.9 Å². The first-order valence-corrected chi connectivity index (χ1v) is 17.3. The Balaban J connectivity index is 1.27. The third-order valence-corrected chi connectivity index (χ3v) is 11.1. The van der Waals surface area contributed by atoms with Gasteiger partial charge in [0.2, 0.25) is 5.95 Å². The first-order chi connectivity index (χ1) is 24.3. The smallest absolute Gasteiger partial charge is 0.235 e. The topological polar surface area (TPSA) is 35.6 Å². The van der Waals surface area contributed by atoms with Crippen molar-refractivity contribution in [3.63, 3.8) is 0 Å². The molecule has 0 spiro atoms. The second-order valence-electron chi connectivity index (χ2n) is 12.6. The highest BCUT2D eigenvalue weighted by Crippen LogP contribution is 2.45. The lowest BCUT2D eigenvalue weighted by molar-refractivity contribution is 1.01. The van der Waals surface area contributed by atoms with Crippen LogP contribution in [0.2, 0.25) is 0 Å². The van der Waals surface area contributed by atoms with Gasteiger partial charge in [-0.15, -0.1) is 11.3 Å². The van der Waals surface area contributed by atoms with Gasteiger partial charge < -0.3 is 4.57 Å². The van der Waals surface area contributed by atoms with Gasteiger partial charge in [0.25, 0.3) is 0 Å². The second-order valence-corrected chi connectivity index (χ2v) is 13.6. The number of thiophene rings is 1. The number of rotatable bonds is 3. The Labute approximate surface area is 284 Å². The fourth-order valence-corrected chi connectivity index (χ4v) is 9.09. The van der Waals surface area contributed by atoms with Crippen LogP contribution in [0.1, 0.15) is 0 Å². The van der Waals surface area contributed by atoms with Crippen LogP contribution < -0.4 is 0 Å². The predicted octanol–water partition coefficient (Wildman–Crippen LogP) is 11.9. The Bertz CT molecular complexity index is 3110. The van der Waals surface area contributed by atoms with Gasteiger partial charge in [0.1, 0.15) is 0 Å². The molecule has 0 unspecified atom stereocenters. The Kier molecular flexibility index (Phi) is 5.51. The summed E-state index contributed by atoms with van der Waals surface area (Å²) in [6, 6.07) is 56.3. The fraction of sp³-hybridized carbons (Fsp3) is 0. The zero-order valence-electron chi connectivity index (χ0n) is 26.2. The maximum atomic E-state index is 5.31.